The molecular weight excluding hydrogens is 524 g/mol. The number of anilines is 1. The van der Waals surface area contributed by atoms with Crippen LogP contribution in [0.4, 0.5) is 11.4 Å². The smallest absolute Gasteiger partial charge is 0.271 e. The number of rotatable bonds is 12. The molecule has 0 heterocycles. The highest BCUT2D eigenvalue weighted by Crippen LogP contribution is 2.34. The largest absolute Gasteiger partial charge is 0.495 e. The molecule has 39 heavy (non-hydrogen) atoms. The minimum Gasteiger partial charge on any atom is -0.495 e. The molecule has 0 aromatic heterocycles. The first-order chi connectivity index (χ1) is 18.5. The number of sulfonamides is 1. The summed E-state index contributed by atoms with van der Waals surface area (Å²) in [4.78, 5) is 39.5. The van der Waals surface area contributed by atoms with E-state index in [0.29, 0.717) is 6.42 Å². The molecule has 11 nitrogen and oxygen atoms in total. The van der Waals surface area contributed by atoms with Crippen LogP contribution in [0.1, 0.15) is 50.2 Å². The number of nitrogens with zero attached hydrogens (tertiary/aromatic N) is 3. The number of benzene rings is 2. The number of aryl methyl sites for hydroxylation is 1. The summed E-state index contributed by atoms with van der Waals surface area (Å²) >= 11 is 0. The highest BCUT2D eigenvalue weighted by Gasteiger charge is 2.34. The van der Waals surface area contributed by atoms with Gasteiger partial charge in [0.05, 0.1) is 18.3 Å². The zero-order chi connectivity index (χ0) is 28.7. The van der Waals surface area contributed by atoms with E-state index in [1.807, 2.05) is 31.2 Å². The van der Waals surface area contributed by atoms with Crippen LogP contribution in [0.5, 0.6) is 5.75 Å². The van der Waals surface area contributed by atoms with Gasteiger partial charge in [-0.25, -0.2) is 8.42 Å². The monoisotopic (exact) mass is 560 g/mol. The Bertz CT molecular complexity index is 1310. The first-order valence-electron chi connectivity index (χ1n) is 12.9. The number of hydrogen-bond donors (Lipinski definition) is 1. The number of nitrogens with one attached hydrogen (secondary N) is 1. The van der Waals surface area contributed by atoms with E-state index in [2.05, 4.69) is 5.32 Å². The number of nitro groups is 1. The second kappa shape index (κ2) is 12.9. The average molecular weight is 561 g/mol. The van der Waals surface area contributed by atoms with E-state index >= 15 is 0 Å². The maximum atomic E-state index is 13.9. The summed E-state index contributed by atoms with van der Waals surface area (Å²) in [5.74, 6) is -0.855. The van der Waals surface area contributed by atoms with Gasteiger partial charge < -0.3 is 15.0 Å². The molecule has 0 saturated heterocycles. The summed E-state index contributed by atoms with van der Waals surface area (Å²) in [7, 11) is -2.79. The van der Waals surface area contributed by atoms with Gasteiger partial charge in [-0.3, -0.25) is 24.0 Å². The number of amides is 2. The van der Waals surface area contributed by atoms with Gasteiger partial charge in [0, 0.05) is 24.7 Å². The molecule has 2 aromatic carbocycles. The van der Waals surface area contributed by atoms with Crippen LogP contribution in [0.25, 0.3) is 0 Å². The van der Waals surface area contributed by atoms with Gasteiger partial charge in [-0.05, 0) is 43.4 Å². The van der Waals surface area contributed by atoms with Crippen molar-refractivity contribution in [2.24, 2.45) is 0 Å². The molecule has 1 N–H and O–H groups in total. The van der Waals surface area contributed by atoms with Crippen LogP contribution in [0.3, 0.4) is 0 Å². The van der Waals surface area contributed by atoms with Gasteiger partial charge in [0.15, 0.2) is 0 Å². The molecule has 12 heteroatoms. The maximum absolute atomic E-state index is 13.9. The Morgan fingerprint density at radius 3 is 2.41 bits per heavy atom. The zero-order valence-electron chi connectivity index (χ0n) is 22.8. The van der Waals surface area contributed by atoms with Crippen molar-refractivity contribution in [2.45, 2.75) is 64.6 Å². The van der Waals surface area contributed by atoms with Gasteiger partial charge >= 0.3 is 0 Å². The van der Waals surface area contributed by atoms with E-state index in [0.717, 1.165) is 53.4 Å². The summed E-state index contributed by atoms with van der Waals surface area (Å²) < 4.78 is 31.9. The standard InChI is InChI=1S/C27H36N4O7S/c1-5-23(27(33)28-21-12-8-9-13-21)29(17-20-11-7-6-10-19(20)2)26(32)18-30(39(4,36)37)24-16-22(31(34)35)14-15-25(24)38-3/h6-7,10-11,14-16,21,23H,5,8-9,12-13,17-18H2,1-4H3,(H,28,33). The van der Waals surface area contributed by atoms with Gasteiger partial charge in [0.1, 0.15) is 24.0 Å². The molecule has 0 spiro atoms. The second-order valence-corrected chi connectivity index (χ2v) is 11.7. The predicted molar refractivity (Wildman–Crippen MR) is 148 cm³/mol. The molecule has 0 radical (unpaired) electrons. The average Bonchev–Trinajstić information content (AvgIpc) is 3.40. The number of ether oxygens (including phenoxy) is 1. The van der Waals surface area contributed by atoms with E-state index in [4.69, 9.17) is 4.74 Å². The van der Waals surface area contributed by atoms with Crippen molar-refractivity contribution in [3.8, 4) is 5.75 Å². The van der Waals surface area contributed by atoms with Crippen molar-refractivity contribution < 1.29 is 27.7 Å². The number of carbonyl (C=O) groups excluding carboxylic acids is 2. The van der Waals surface area contributed by atoms with Gasteiger partial charge in [0.25, 0.3) is 5.69 Å². The Morgan fingerprint density at radius 1 is 1.18 bits per heavy atom. The molecule has 2 aromatic rings. The lowest BCUT2D eigenvalue weighted by atomic mass is 10.1. The second-order valence-electron chi connectivity index (χ2n) is 9.75. The Morgan fingerprint density at radius 2 is 1.85 bits per heavy atom. The van der Waals surface area contributed by atoms with Crippen molar-refractivity contribution in [3.05, 3.63) is 63.7 Å². The van der Waals surface area contributed by atoms with E-state index in [1.165, 1.54) is 24.1 Å². The SMILES string of the molecule is CCC(C(=O)NC1CCCC1)N(Cc1ccccc1C)C(=O)CN(c1cc([N+](=O)[O-])ccc1OC)S(C)(=O)=O. The van der Waals surface area contributed by atoms with Crippen molar-refractivity contribution in [2.75, 3.05) is 24.2 Å². The lowest BCUT2D eigenvalue weighted by molar-refractivity contribution is -0.384. The molecule has 2 amide bonds. The summed E-state index contributed by atoms with van der Waals surface area (Å²) in [5.41, 5.74) is 1.24. The number of non-ortho nitro benzene ring substituents is 1. The third-order valence-corrected chi connectivity index (χ3v) is 8.14. The lowest BCUT2D eigenvalue weighted by Gasteiger charge is -2.34. The van der Waals surface area contributed by atoms with E-state index in [9.17, 15) is 28.1 Å². The Balaban J connectivity index is 2.02. The highest BCUT2D eigenvalue weighted by molar-refractivity contribution is 7.92. The van der Waals surface area contributed by atoms with Crippen molar-refractivity contribution in [1.29, 1.82) is 0 Å². The first kappa shape index (κ1) is 29.9. The fourth-order valence-corrected chi connectivity index (χ4v) is 5.68. The Kier molecular flexibility index (Phi) is 9.90. The van der Waals surface area contributed by atoms with Crippen LogP contribution in [-0.2, 0) is 26.2 Å². The van der Waals surface area contributed by atoms with Crippen molar-refractivity contribution in [1.82, 2.24) is 10.2 Å². The summed E-state index contributed by atoms with van der Waals surface area (Å²) in [5, 5.41) is 14.5. The van der Waals surface area contributed by atoms with Gasteiger partial charge in [-0.2, -0.15) is 0 Å². The van der Waals surface area contributed by atoms with Crippen LogP contribution >= 0.6 is 0 Å². The van der Waals surface area contributed by atoms with E-state index in [-0.39, 0.29) is 35.6 Å². The molecule has 212 valence electrons. The molecule has 1 atom stereocenters. The Hall–Kier alpha value is -3.67. The van der Waals surface area contributed by atoms with E-state index in [1.54, 1.807) is 6.92 Å². The Labute approximate surface area is 229 Å². The van der Waals surface area contributed by atoms with Crippen LogP contribution in [-0.4, -0.2) is 62.0 Å². The predicted octanol–water partition coefficient (Wildman–Crippen LogP) is 3.54. The molecule has 1 aliphatic rings. The van der Waals surface area contributed by atoms with Gasteiger partial charge in [-0.1, -0.05) is 44.0 Å². The minimum absolute atomic E-state index is 0.0450. The van der Waals surface area contributed by atoms with Crippen LogP contribution in [0, 0.1) is 17.0 Å². The summed E-state index contributed by atoms with van der Waals surface area (Å²) in [6.07, 6.45) is 5.04. The first-order valence-corrected chi connectivity index (χ1v) is 14.8. The molecule has 0 aliphatic heterocycles. The third-order valence-electron chi connectivity index (χ3n) is 7.01. The van der Waals surface area contributed by atoms with Crippen LogP contribution in [0.2, 0.25) is 0 Å². The normalized spacial score (nSPS) is 14.5. The molecule has 1 fully saturated rings. The number of methoxy groups -OCH3 is 1. The van der Waals surface area contributed by atoms with Crippen molar-refractivity contribution in [3.63, 3.8) is 0 Å². The lowest BCUT2D eigenvalue weighted by Crippen LogP contribution is -2.53. The molecule has 1 unspecified atom stereocenters. The van der Waals surface area contributed by atoms with Crippen LogP contribution < -0.4 is 14.4 Å². The molecule has 1 aliphatic carbocycles. The third kappa shape index (κ3) is 7.47. The quantitative estimate of drug-likeness (QED) is 0.309. The fourth-order valence-electron chi connectivity index (χ4n) is 4.84. The molecular formula is C27H36N4O7S. The van der Waals surface area contributed by atoms with Gasteiger partial charge in [-0.15, -0.1) is 0 Å². The molecule has 1 saturated carbocycles. The number of carbonyl (C=O) groups is 2. The molecule has 0 bridgehead atoms. The topological polar surface area (TPSA) is 139 Å². The fraction of sp³-hybridized carbons (Fsp3) is 0.481. The zero-order valence-corrected chi connectivity index (χ0v) is 23.6. The van der Waals surface area contributed by atoms with Gasteiger partial charge in [0.2, 0.25) is 21.8 Å². The summed E-state index contributed by atoms with van der Waals surface area (Å²) in [6.45, 7) is 3.12. The highest BCUT2D eigenvalue weighted by atomic mass is 32.2. The number of hydrogen-bond acceptors (Lipinski definition) is 7. The van der Waals surface area contributed by atoms with Crippen LogP contribution in [0.15, 0.2) is 42.5 Å². The number of nitro benzene ring substituents is 1. The van der Waals surface area contributed by atoms with E-state index < -0.39 is 33.4 Å². The summed E-state index contributed by atoms with van der Waals surface area (Å²) in [6, 6.07) is 10.2. The maximum Gasteiger partial charge on any atom is 0.271 e. The molecule has 3 rings (SSSR count). The minimum atomic E-state index is -4.09. The van der Waals surface area contributed by atoms with Crippen molar-refractivity contribution >= 4 is 33.2 Å².